The molecule has 0 aliphatic heterocycles. The number of hydrogen-bond acceptors (Lipinski definition) is 3. The monoisotopic (exact) mass is 215 g/mol. The van der Waals surface area contributed by atoms with Gasteiger partial charge in [-0.2, -0.15) is 0 Å². The molecule has 2 N–H and O–H groups in total. The second-order valence-corrected chi connectivity index (χ2v) is 3.59. The summed E-state index contributed by atoms with van der Waals surface area (Å²) in [6.45, 7) is 0.636. The van der Waals surface area contributed by atoms with Crippen molar-refractivity contribution in [2.75, 3.05) is 5.73 Å². The second kappa shape index (κ2) is 4.61. The van der Waals surface area contributed by atoms with E-state index in [1.807, 2.05) is 24.3 Å². The van der Waals surface area contributed by atoms with E-state index in [4.69, 9.17) is 5.73 Å². The number of nitrogen functional groups attached to an aromatic ring is 1. The number of nitrogens with two attached hydrogens (primary N) is 1. The average Bonchev–Trinajstić information content (AvgIpc) is 2.30. The first-order chi connectivity index (χ1) is 7.75. The first-order valence-electron chi connectivity index (χ1n) is 5.11. The van der Waals surface area contributed by atoms with Crippen molar-refractivity contribution < 1.29 is 0 Å². The van der Waals surface area contributed by atoms with Crippen molar-refractivity contribution in [1.29, 1.82) is 0 Å². The molecule has 2 aromatic rings. The van der Waals surface area contributed by atoms with Crippen LogP contribution >= 0.6 is 0 Å². The van der Waals surface area contributed by atoms with Gasteiger partial charge in [-0.05, 0) is 30.2 Å². The second-order valence-electron chi connectivity index (χ2n) is 3.59. The normalized spacial score (nSPS) is 10.2. The molecule has 4 heteroatoms. The largest absolute Gasteiger partial charge is 0.399 e. The molecular weight excluding hydrogens is 202 g/mol. The molecule has 0 atom stereocenters. The lowest BCUT2D eigenvalue weighted by Gasteiger charge is -2.04. The van der Waals surface area contributed by atoms with Gasteiger partial charge in [-0.3, -0.25) is 4.57 Å². The third-order valence-corrected chi connectivity index (χ3v) is 2.40. The van der Waals surface area contributed by atoms with Crippen LogP contribution in [-0.4, -0.2) is 9.55 Å². The fourth-order valence-corrected chi connectivity index (χ4v) is 1.49. The standard InChI is InChI=1S/C12H13N3O/c13-11-4-2-10(3-5-11)6-9-15-8-1-7-14-12(15)16/h1-5,7-8H,6,9,13H2. The van der Waals surface area contributed by atoms with Gasteiger partial charge in [0, 0.05) is 24.6 Å². The fourth-order valence-electron chi connectivity index (χ4n) is 1.49. The van der Waals surface area contributed by atoms with E-state index in [9.17, 15) is 4.79 Å². The lowest BCUT2D eigenvalue weighted by molar-refractivity contribution is 0.649. The average molecular weight is 215 g/mol. The Hall–Kier alpha value is -2.10. The van der Waals surface area contributed by atoms with Crippen LogP contribution in [0, 0.1) is 0 Å². The zero-order chi connectivity index (χ0) is 11.4. The Balaban J connectivity index is 2.05. The van der Waals surface area contributed by atoms with Crippen LogP contribution in [0.4, 0.5) is 5.69 Å². The Morgan fingerprint density at radius 2 is 2.00 bits per heavy atom. The molecule has 1 heterocycles. The van der Waals surface area contributed by atoms with Crippen LogP contribution < -0.4 is 11.4 Å². The van der Waals surface area contributed by atoms with Crippen molar-refractivity contribution in [1.82, 2.24) is 9.55 Å². The number of anilines is 1. The minimum Gasteiger partial charge on any atom is -0.399 e. The Bertz CT molecular complexity index is 516. The minimum atomic E-state index is -0.210. The zero-order valence-corrected chi connectivity index (χ0v) is 8.84. The smallest absolute Gasteiger partial charge is 0.347 e. The first-order valence-corrected chi connectivity index (χ1v) is 5.11. The summed E-state index contributed by atoms with van der Waals surface area (Å²) in [5, 5.41) is 0. The van der Waals surface area contributed by atoms with Gasteiger partial charge < -0.3 is 5.73 Å². The van der Waals surface area contributed by atoms with E-state index in [2.05, 4.69) is 4.98 Å². The number of nitrogens with zero attached hydrogens (tertiary/aromatic N) is 2. The Morgan fingerprint density at radius 3 is 2.69 bits per heavy atom. The summed E-state index contributed by atoms with van der Waals surface area (Å²) in [5.41, 5.74) is 7.29. The summed E-state index contributed by atoms with van der Waals surface area (Å²) in [4.78, 5) is 15.0. The number of aryl methyl sites for hydroxylation is 2. The van der Waals surface area contributed by atoms with E-state index < -0.39 is 0 Å². The molecule has 0 spiro atoms. The molecule has 0 unspecified atom stereocenters. The van der Waals surface area contributed by atoms with Crippen LogP contribution in [0.5, 0.6) is 0 Å². The van der Waals surface area contributed by atoms with Gasteiger partial charge >= 0.3 is 5.69 Å². The maximum Gasteiger partial charge on any atom is 0.347 e. The van der Waals surface area contributed by atoms with E-state index >= 15 is 0 Å². The summed E-state index contributed by atoms with van der Waals surface area (Å²) in [7, 11) is 0. The van der Waals surface area contributed by atoms with Crippen LogP contribution in [-0.2, 0) is 13.0 Å². The van der Waals surface area contributed by atoms with Gasteiger partial charge in [0.1, 0.15) is 0 Å². The summed E-state index contributed by atoms with van der Waals surface area (Å²) in [6.07, 6.45) is 4.04. The Kier molecular flexibility index (Phi) is 3.00. The molecule has 1 aromatic carbocycles. The van der Waals surface area contributed by atoms with Gasteiger partial charge in [-0.25, -0.2) is 9.78 Å². The topological polar surface area (TPSA) is 60.9 Å². The van der Waals surface area contributed by atoms with Crippen molar-refractivity contribution in [2.45, 2.75) is 13.0 Å². The van der Waals surface area contributed by atoms with E-state index in [1.54, 1.807) is 16.8 Å². The molecule has 0 amide bonds. The van der Waals surface area contributed by atoms with E-state index in [-0.39, 0.29) is 5.69 Å². The molecule has 2 rings (SSSR count). The zero-order valence-electron chi connectivity index (χ0n) is 8.84. The highest BCUT2D eigenvalue weighted by molar-refractivity contribution is 5.39. The van der Waals surface area contributed by atoms with Gasteiger partial charge in [0.05, 0.1) is 0 Å². The highest BCUT2D eigenvalue weighted by atomic mass is 16.1. The minimum absolute atomic E-state index is 0.210. The highest BCUT2D eigenvalue weighted by Gasteiger charge is 1.96. The molecule has 0 aliphatic rings. The van der Waals surface area contributed by atoms with Crippen LogP contribution in [0.25, 0.3) is 0 Å². The molecule has 0 aliphatic carbocycles. The molecular formula is C12H13N3O. The maximum atomic E-state index is 11.3. The number of rotatable bonds is 3. The SMILES string of the molecule is Nc1ccc(CCn2cccnc2=O)cc1. The molecule has 0 fully saturated rings. The first kappa shape index (κ1) is 10.4. The Morgan fingerprint density at radius 1 is 1.25 bits per heavy atom. The molecule has 0 radical (unpaired) electrons. The lowest BCUT2D eigenvalue weighted by Crippen LogP contribution is -2.22. The third-order valence-electron chi connectivity index (χ3n) is 2.40. The summed E-state index contributed by atoms with van der Waals surface area (Å²) in [6, 6.07) is 9.42. The maximum absolute atomic E-state index is 11.3. The van der Waals surface area contributed by atoms with E-state index in [1.165, 1.54) is 6.20 Å². The van der Waals surface area contributed by atoms with Gasteiger partial charge in [0.15, 0.2) is 0 Å². The highest BCUT2D eigenvalue weighted by Crippen LogP contribution is 2.06. The molecule has 0 saturated carbocycles. The fraction of sp³-hybridized carbons (Fsp3) is 0.167. The van der Waals surface area contributed by atoms with Crippen molar-refractivity contribution >= 4 is 5.69 Å². The quantitative estimate of drug-likeness (QED) is 0.779. The van der Waals surface area contributed by atoms with E-state index in [0.29, 0.717) is 6.54 Å². The van der Waals surface area contributed by atoms with Gasteiger partial charge in [-0.1, -0.05) is 12.1 Å². The number of benzene rings is 1. The lowest BCUT2D eigenvalue weighted by atomic mass is 10.1. The molecule has 0 saturated heterocycles. The molecule has 1 aromatic heterocycles. The summed E-state index contributed by atoms with van der Waals surface area (Å²) < 4.78 is 1.59. The van der Waals surface area contributed by atoms with Crippen molar-refractivity contribution in [3.05, 3.63) is 58.8 Å². The molecule has 0 bridgehead atoms. The van der Waals surface area contributed by atoms with E-state index in [0.717, 1.165) is 17.7 Å². The summed E-state index contributed by atoms with van der Waals surface area (Å²) in [5.74, 6) is 0. The molecule has 4 nitrogen and oxygen atoms in total. The summed E-state index contributed by atoms with van der Waals surface area (Å²) >= 11 is 0. The van der Waals surface area contributed by atoms with Crippen molar-refractivity contribution in [3.8, 4) is 0 Å². The van der Waals surface area contributed by atoms with Gasteiger partial charge in [0.25, 0.3) is 0 Å². The van der Waals surface area contributed by atoms with Crippen molar-refractivity contribution in [2.24, 2.45) is 0 Å². The number of aromatic nitrogens is 2. The third kappa shape index (κ3) is 2.48. The van der Waals surface area contributed by atoms with Crippen LogP contribution in [0.1, 0.15) is 5.56 Å². The predicted octanol–water partition coefficient (Wildman–Crippen LogP) is 1.07. The Labute approximate surface area is 93.4 Å². The van der Waals surface area contributed by atoms with Gasteiger partial charge in [0.2, 0.25) is 0 Å². The van der Waals surface area contributed by atoms with Crippen LogP contribution in [0.3, 0.4) is 0 Å². The predicted molar refractivity (Wildman–Crippen MR) is 63.1 cm³/mol. The number of hydrogen-bond donors (Lipinski definition) is 1. The molecule has 82 valence electrons. The van der Waals surface area contributed by atoms with Gasteiger partial charge in [-0.15, -0.1) is 0 Å². The van der Waals surface area contributed by atoms with Crippen molar-refractivity contribution in [3.63, 3.8) is 0 Å². The molecule has 16 heavy (non-hydrogen) atoms. The van der Waals surface area contributed by atoms with Crippen LogP contribution in [0.15, 0.2) is 47.5 Å². The van der Waals surface area contributed by atoms with Crippen LogP contribution in [0.2, 0.25) is 0 Å².